The van der Waals surface area contributed by atoms with Gasteiger partial charge in [0.1, 0.15) is 5.69 Å². The maximum Gasteiger partial charge on any atom is 0.284 e. The van der Waals surface area contributed by atoms with Crippen LogP contribution in [0.1, 0.15) is 28.5 Å². The minimum atomic E-state index is -3.00. The van der Waals surface area contributed by atoms with Crippen molar-refractivity contribution in [2.24, 2.45) is 0 Å². The largest absolute Gasteiger partial charge is 0.368 e. The lowest BCUT2D eigenvalue weighted by Gasteiger charge is -2.36. The highest BCUT2D eigenvalue weighted by Crippen LogP contribution is 2.18. The third kappa shape index (κ3) is 5.97. The van der Waals surface area contributed by atoms with E-state index in [0.717, 1.165) is 60.6 Å². The van der Waals surface area contributed by atoms with Crippen molar-refractivity contribution >= 4 is 32.5 Å². The van der Waals surface area contributed by atoms with Crippen LogP contribution >= 0.6 is 0 Å². The number of hydrazine groups is 1. The molecule has 37 heavy (non-hydrogen) atoms. The van der Waals surface area contributed by atoms with Gasteiger partial charge in [-0.2, -0.15) is 0 Å². The van der Waals surface area contributed by atoms with Gasteiger partial charge in [0, 0.05) is 57.6 Å². The summed E-state index contributed by atoms with van der Waals surface area (Å²) >= 11 is 0. The molecule has 1 amide bonds. The molecule has 5 rings (SSSR count). The van der Waals surface area contributed by atoms with Crippen molar-refractivity contribution in [3.63, 3.8) is 0 Å². The molecule has 0 saturated carbocycles. The fourth-order valence-electron chi connectivity index (χ4n) is 4.67. The number of nitrogens with zero attached hydrogens (tertiary/aromatic N) is 5. The predicted molar refractivity (Wildman–Crippen MR) is 141 cm³/mol. The van der Waals surface area contributed by atoms with Crippen LogP contribution in [0.3, 0.4) is 0 Å². The number of carbonyl (C=O) groups is 1. The third-order valence-electron chi connectivity index (χ3n) is 6.94. The number of piperazine rings is 1. The van der Waals surface area contributed by atoms with Crippen LogP contribution in [0.15, 0.2) is 41.5 Å². The molecule has 5 heterocycles. The van der Waals surface area contributed by atoms with Gasteiger partial charge in [-0.05, 0) is 36.2 Å². The first-order valence-corrected chi connectivity index (χ1v) is 14.3. The molecule has 2 aliphatic heterocycles. The number of H-pyrrole nitrogens is 1. The van der Waals surface area contributed by atoms with Gasteiger partial charge in [-0.15, -0.1) is 0 Å². The molecule has 12 heteroatoms. The molecule has 2 N–H and O–H groups in total. The molecule has 0 atom stereocenters. The number of sulfone groups is 1. The van der Waals surface area contributed by atoms with Crippen molar-refractivity contribution in [3.8, 4) is 0 Å². The van der Waals surface area contributed by atoms with Crippen LogP contribution < -0.4 is 15.9 Å². The Hall–Kier alpha value is -3.35. The summed E-state index contributed by atoms with van der Waals surface area (Å²) in [5.41, 5.74) is 7.31. The van der Waals surface area contributed by atoms with Crippen LogP contribution in [0.25, 0.3) is 11.0 Å². The molecule has 3 aromatic heterocycles. The van der Waals surface area contributed by atoms with Crippen LogP contribution in [0.2, 0.25) is 0 Å². The first-order chi connectivity index (χ1) is 17.8. The van der Waals surface area contributed by atoms with E-state index < -0.39 is 9.84 Å². The smallest absolute Gasteiger partial charge is 0.284 e. The van der Waals surface area contributed by atoms with E-state index in [1.54, 1.807) is 17.3 Å². The number of nitrogens with one attached hydrogen (secondary N) is 2. The molecule has 0 radical (unpaired) electrons. The zero-order chi connectivity index (χ0) is 26.0. The zero-order valence-electron chi connectivity index (χ0n) is 20.8. The van der Waals surface area contributed by atoms with Crippen molar-refractivity contribution in [1.29, 1.82) is 0 Å². The molecule has 0 aliphatic carbocycles. The van der Waals surface area contributed by atoms with Gasteiger partial charge in [-0.25, -0.2) is 18.4 Å². The second-order valence-electron chi connectivity index (χ2n) is 9.50. The third-order valence-corrected chi connectivity index (χ3v) is 8.54. The van der Waals surface area contributed by atoms with Gasteiger partial charge in [0.15, 0.2) is 9.84 Å². The number of hydrogen-bond donors (Lipinski definition) is 2. The van der Waals surface area contributed by atoms with Gasteiger partial charge < -0.3 is 9.88 Å². The monoisotopic (exact) mass is 525 g/mol. The molecule has 0 unspecified atom stereocenters. The number of amides is 1. The van der Waals surface area contributed by atoms with Gasteiger partial charge in [0.2, 0.25) is 0 Å². The number of aromatic nitrogens is 3. The Morgan fingerprint density at radius 1 is 1.03 bits per heavy atom. The summed E-state index contributed by atoms with van der Waals surface area (Å²) in [6.07, 6.45) is 4.26. The highest BCUT2D eigenvalue weighted by molar-refractivity contribution is 7.91. The number of fused-ring (bicyclic) bond motifs is 1. The number of rotatable bonds is 6. The Bertz CT molecular complexity index is 1430. The maximum atomic E-state index is 12.5. The molecule has 2 fully saturated rings. The van der Waals surface area contributed by atoms with E-state index in [1.165, 1.54) is 0 Å². The Balaban J connectivity index is 1.14. The topological polar surface area (TPSA) is 132 Å². The van der Waals surface area contributed by atoms with E-state index in [0.29, 0.717) is 12.1 Å². The lowest BCUT2D eigenvalue weighted by Crippen LogP contribution is -2.50. The van der Waals surface area contributed by atoms with E-state index in [-0.39, 0.29) is 36.1 Å². The van der Waals surface area contributed by atoms with Crippen molar-refractivity contribution in [3.05, 3.63) is 63.8 Å². The number of carbonyl (C=O) groups excluding carboxylic acids is 1. The normalized spacial score (nSPS) is 18.7. The number of pyridine rings is 3. The van der Waals surface area contributed by atoms with Crippen molar-refractivity contribution in [2.75, 3.05) is 55.7 Å². The standard InChI is InChI=1S/C25H31N7O4S/c1-2-19-14-22-23(28-24(19)33)13-18(15-26-22)17-30-5-7-31(8-6-30)20-3-4-21(27-16-20)25(34)29-32-9-11-37(35,36)12-10-32/h3-4,13-16H,2,5-12,17H2,1H3,(H,28,33)(H,29,34). The zero-order valence-corrected chi connectivity index (χ0v) is 21.6. The van der Waals surface area contributed by atoms with Gasteiger partial charge >= 0.3 is 0 Å². The Kier molecular flexibility index (Phi) is 7.22. The van der Waals surface area contributed by atoms with Crippen molar-refractivity contribution in [1.82, 2.24) is 30.3 Å². The van der Waals surface area contributed by atoms with E-state index in [9.17, 15) is 18.0 Å². The summed E-state index contributed by atoms with van der Waals surface area (Å²) in [4.78, 5) is 41.1. The van der Waals surface area contributed by atoms with E-state index in [2.05, 4.69) is 30.2 Å². The number of anilines is 1. The number of aryl methyl sites for hydroxylation is 1. The molecular formula is C25H31N7O4S. The second-order valence-corrected chi connectivity index (χ2v) is 11.8. The van der Waals surface area contributed by atoms with Gasteiger partial charge in [0.25, 0.3) is 11.5 Å². The van der Waals surface area contributed by atoms with Crippen LogP contribution in [0.5, 0.6) is 0 Å². The van der Waals surface area contributed by atoms with Crippen LogP contribution in [0, 0.1) is 0 Å². The Labute approximate surface area is 215 Å². The molecule has 3 aromatic rings. The molecule has 196 valence electrons. The number of hydrogen-bond acceptors (Lipinski definition) is 9. The molecular weight excluding hydrogens is 494 g/mol. The minimum absolute atomic E-state index is 0.0440. The first-order valence-electron chi connectivity index (χ1n) is 12.5. The number of aromatic amines is 1. The summed E-state index contributed by atoms with van der Waals surface area (Å²) in [6.45, 7) is 6.66. The van der Waals surface area contributed by atoms with Crippen molar-refractivity contribution < 1.29 is 13.2 Å². The molecule has 0 aromatic carbocycles. The lowest BCUT2D eigenvalue weighted by atomic mass is 10.1. The fraction of sp³-hybridized carbons (Fsp3) is 0.440. The minimum Gasteiger partial charge on any atom is -0.368 e. The van der Waals surface area contributed by atoms with Crippen LogP contribution in [-0.4, -0.2) is 90.0 Å². The summed E-state index contributed by atoms with van der Waals surface area (Å²) in [5, 5.41) is 1.63. The molecule has 2 aliphatic rings. The SMILES string of the molecule is CCc1cc2ncc(CN3CCN(c4ccc(C(=O)NN5CCS(=O)(=O)CC5)nc4)CC3)cc2[nH]c1=O. The summed E-state index contributed by atoms with van der Waals surface area (Å²) < 4.78 is 23.1. The quantitative estimate of drug-likeness (QED) is 0.474. The van der Waals surface area contributed by atoms with Gasteiger partial charge in [0.05, 0.1) is 34.4 Å². The average molecular weight is 526 g/mol. The van der Waals surface area contributed by atoms with Gasteiger partial charge in [-0.1, -0.05) is 6.92 Å². The summed E-state index contributed by atoms with van der Waals surface area (Å²) in [7, 11) is -3.00. The Morgan fingerprint density at radius 2 is 1.78 bits per heavy atom. The fourth-order valence-corrected chi connectivity index (χ4v) is 5.87. The average Bonchev–Trinajstić information content (AvgIpc) is 2.90. The maximum absolute atomic E-state index is 12.5. The van der Waals surface area contributed by atoms with E-state index in [1.807, 2.05) is 31.3 Å². The molecule has 11 nitrogen and oxygen atoms in total. The predicted octanol–water partition coefficient (Wildman–Crippen LogP) is 0.578. The highest BCUT2D eigenvalue weighted by atomic mass is 32.2. The van der Waals surface area contributed by atoms with Gasteiger partial charge in [-0.3, -0.25) is 24.9 Å². The van der Waals surface area contributed by atoms with Crippen LogP contribution in [-0.2, 0) is 22.8 Å². The second kappa shape index (κ2) is 10.6. The lowest BCUT2D eigenvalue weighted by molar-refractivity contribution is 0.0797. The van der Waals surface area contributed by atoms with Crippen LogP contribution in [0.4, 0.5) is 5.69 Å². The van der Waals surface area contributed by atoms with E-state index >= 15 is 0 Å². The molecule has 2 saturated heterocycles. The first kappa shape index (κ1) is 25.3. The summed E-state index contributed by atoms with van der Waals surface area (Å²) in [5.74, 6) is -0.253. The van der Waals surface area contributed by atoms with Crippen molar-refractivity contribution in [2.45, 2.75) is 19.9 Å². The summed E-state index contributed by atoms with van der Waals surface area (Å²) in [6, 6.07) is 7.46. The van der Waals surface area contributed by atoms with E-state index in [4.69, 9.17) is 0 Å². The molecule has 0 spiro atoms. The Morgan fingerprint density at radius 3 is 2.46 bits per heavy atom. The molecule has 0 bridgehead atoms. The highest BCUT2D eigenvalue weighted by Gasteiger charge is 2.24.